The van der Waals surface area contributed by atoms with Crippen molar-refractivity contribution >= 4 is 45.0 Å². The topological polar surface area (TPSA) is 66.5 Å². The van der Waals surface area contributed by atoms with Crippen LogP contribution in [-0.2, 0) is 14.8 Å². The number of hydrogen-bond acceptors (Lipinski definition) is 4. The number of anilines is 1. The molecule has 0 spiro atoms. The highest BCUT2D eigenvalue weighted by Gasteiger charge is 2.29. The zero-order valence-corrected chi connectivity index (χ0v) is 18.8. The summed E-state index contributed by atoms with van der Waals surface area (Å²) in [5.41, 5.74) is 2.38. The summed E-state index contributed by atoms with van der Waals surface area (Å²) >= 11 is 7.46. The SMILES string of the molecule is Cc1cc(C)cc(N([C@H](C)C(=O)NCCSc2ccc(Cl)cc2)S(C)(=O)=O)c1. The Morgan fingerprint density at radius 1 is 1.14 bits per heavy atom. The first-order valence-electron chi connectivity index (χ1n) is 8.81. The summed E-state index contributed by atoms with van der Waals surface area (Å²) in [5, 5.41) is 3.50. The van der Waals surface area contributed by atoms with Crippen molar-refractivity contribution in [3.05, 3.63) is 58.6 Å². The lowest BCUT2D eigenvalue weighted by Crippen LogP contribution is -2.48. The molecule has 5 nitrogen and oxygen atoms in total. The summed E-state index contributed by atoms with van der Waals surface area (Å²) < 4.78 is 25.9. The Balaban J connectivity index is 2.02. The van der Waals surface area contributed by atoms with Crippen molar-refractivity contribution in [2.45, 2.75) is 31.7 Å². The Morgan fingerprint density at radius 2 is 1.71 bits per heavy atom. The molecule has 0 unspecified atom stereocenters. The standard InChI is InChI=1S/C20H25ClN2O3S2/c1-14-11-15(2)13-18(12-14)23(28(4,25)26)16(3)20(24)22-9-10-27-19-7-5-17(21)6-8-19/h5-8,11-13,16H,9-10H2,1-4H3,(H,22,24)/t16-/m1/s1. The number of halogens is 1. The monoisotopic (exact) mass is 440 g/mol. The second-order valence-corrected chi connectivity index (χ2v) is 10.1. The van der Waals surface area contributed by atoms with E-state index in [9.17, 15) is 13.2 Å². The molecule has 1 amide bonds. The highest BCUT2D eigenvalue weighted by atomic mass is 35.5. The van der Waals surface area contributed by atoms with Gasteiger partial charge in [0.1, 0.15) is 6.04 Å². The number of hydrogen-bond donors (Lipinski definition) is 1. The van der Waals surface area contributed by atoms with E-state index in [1.165, 1.54) is 4.31 Å². The molecule has 8 heteroatoms. The largest absolute Gasteiger partial charge is 0.353 e. The Bertz CT molecular complexity index is 911. The highest BCUT2D eigenvalue weighted by molar-refractivity contribution is 7.99. The van der Waals surface area contributed by atoms with Crippen molar-refractivity contribution in [1.82, 2.24) is 5.32 Å². The molecule has 0 radical (unpaired) electrons. The molecule has 1 N–H and O–H groups in total. The molecule has 0 heterocycles. The van der Waals surface area contributed by atoms with Crippen LogP contribution in [0.3, 0.4) is 0 Å². The molecule has 2 aromatic rings. The van der Waals surface area contributed by atoms with Crippen molar-refractivity contribution in [3.8, 4) is 0 Å². The van der Waals surface area contributed by atoms with E-state index in [1.807, 2.05) is 44.2 Å². The van der Waals surface area contributed by atoms with Gasteiger partial charge in [-0.25, -0.2) is 8.42 Å². The normalized spacial score (nSPS) is 12.5. The van der Waals surface area contributed by atoms with Crippen molar-refractivity contribution in [1.29, 1.82) is 0 Å². The van der Waals surface area contributed by atoms with Crippen LogP contribution in [0.2, 0.25) is 5.02 Å². The first-order chi connectivity index (χ1) is 13.1. The van der Waals surface area contributed by atoms with Gasteiger partial charge in [0.25, 0.3) is 0 Å². The van der Waals surface area contributed by atoms with Crippen molar-refractivity contribution in [2.75, 3.05) is 22.9 Å². The summed E-state index contributed by atoms with van der Waals surface area (Å²) in [5.74, 6) is 0.337. The zero-order valence-electron chi connectivity index (χ0n) is 16.4. The molecular weight excluding hydrogens is 416 g/mol. The highest BCUT2D eigenvalue weighted by Crippen LogP contribution is 2.24. The van der Waals surface area contributed by atoms with Gasteiger partial charge in [-0.05, 0) is 68.3 Å². The van der Waals surface area contributed by atoms with E-state index in [4.69, 9.17) is 11.6 Å². The molecule has 0 bridgehead atoms. The van der Waals surface area contributed by atoms with Gasteiger partial charge in [-0.15, -0.1) is 11.8 Å². The van der Waals surface area contributed by atoms with Crippen LogP contribution in [0, 0.1) is 13.8 Å². The smallest absolute Gasteiger partial charge is 0.243 e. The van der Waals surface area contributed by atoms with E-state index < -0.39 is 16.1 Å². The number of carbonyl (C=O) groups excluding carboxylic acids is 1. The molecule has 28 heavy (non-hydrogen) atoms. The molecule has 0 aliphatic heterocycles. The summed E-state index contributed by atoms with van der Waals surface area (Å²) in [6.45, 7) is 5.83. The number of rotatable bonds is 8. The average Bonchev–Trinajstić information content (AvgIpc) is 2.58. The third-order valence-electron chi connectivity index (χ3n) is 4.03. The van der Waals surface area contributed by atoms with Crippen LogP contribution < -0.4 is 9.62 Å². The predicted octanol–water partition coefficient (Wildman–Crippen LogP) is 4.02. The van der Waals surface area contributed by atoms with Crippen LogP contribution in [0.15, 0.2) is 47.4 Å². The van der Waals surface area contributed by atoms with Gasteiger partial charge in [0, 0.05) is 22.2 Å². The molecule has 0 saturated carbocycles. The summed E-state index contributed by atoms with van der Waals surface area (Å²) in [6.07, 6.45) is 1.12. The fourth-order valence-electron chi connectivity index (χ4n) is 2.91. The Kier molecular flexibility index (Phi) is 7.80. The number of sulfonamides is 1. The van der Waals surface area contributed by atoms with E-state index in [-0.39, 0.29) is 5.91 Å². The van der Waals surface area contributed by atoms with E-state index in [0.29, 0.717) is 23.0 Å². The number of nitrogens with zero attached hydrogens (tertiary/aromatic N) is 1. The molecule has 152 valence electrons. The third kappa shape index (κ3) is 6.43. The van der Waals surface area contributed by atoms with Gasteiger partial charge in [-0.1, -0.05) is 17.7 Å². The molecule has 2 aromatic carbocycles. The molecular formula is C20H25ClN2O3S2. The molecule has 2 rings (SSSR count). The zero-order chi connectivity index (χ0) is 20.9. The molecule has 1 atom stereocenters. The predicted molar refractivity (Wildman–Crippen MR) is 118 cm³/mol. The lowest BCUT2D eigenvalue weighted by atomic mass is 10.1. The van der Waals surface area contributed by atoms with Crippen LogP contribution in [-0.4, -0.2) is 38.9 Å². The van der Waals surface area contributed by atoms with Gasteiger partial charge in [-0.2, -0.15) is 0 Å². The average molecular weight is 441 g/mol. The lowest BCUT2D eigenvalue weighted by molar-refractivity contribution is -0.121. The van der Waals surface area contributed by atoms with Crippen molar-refractivity contribution in [2.24, 2.45) is 0 Å². The maximum atomic E-state index is 12.6. The Hall–Kier alpha value is -1.70. The Morgan fingerprint density at radius 3 is 2.25 bits per heavy atom. The van der Waals surface area contributed by atoms with Crippen LogP contribution in [0.25, 0.3) is 0 Å². The molecule has 0 aliphatic rings. The fraction of sp³-hybridized carbons (Fsp3) is 0.350. The number of amides is 1. The molecule has 0 fully saturated rings. The van der Waals surface area contributed by atoms with E-state index >= 15 is 0 Å². The minimum Gasteiger partial charge on any atom is -0.353 e. The van der Waals surface area contributed by atoms with Crippen LogP contribution in [0.5, 0.6) is 0 Å². The number of thioether (sulfide) groups is 1. The molecule has 0 aliphatic carbocycles. The van der Waals surface area contributed by atoms with Crippen LogP contribution in [0.1, 0.15) is 18.1 Å². The minimum atomic E-state index is -3.62. The second-order valence-electron chi connectivity index (χ2n) is 6.67. The Labute approximate surface area is 176 Å². The van der Waals surface area contributed by atoms with Gasteiger partial charge in [0.05, 0.1) is 11.9 Å². The first kappa shape index (κ1) is 22.6. The number of benzene rings is 2. The first-order valence-corrected chi connectivity index (χ1v) is 12.0. The maximum Gasteiger partial charge on any atom is 0.243 e. The minimum absolute atomic E-state index is 0.332. The fourth-order valence-corrected chi connectivity index (χ4v) is 4.96. The van der Waals surface area contributed by atoms with Crippen molar-refractivity contribution in [3.63, 3.8) is 0 Å². The molecule has 0 saturated heterocycles. The summed E-state index contributed by atoms with van der Waals surface area (Å²) in [7, 11) is -3.62. The van der Waals surface area contributed by atoms with E-state index in [2.05, 4.69) is 5.32 Å². The quantitative estimate of drug-likeness (QED) is 0.497. The van der Waals surface area contributed by atoms with Gasteiger partial charge >= 0.3 is 0 Å². The van der Waals surface area contributed by atoms with Crippen LogP contribution >= 0.6 is 23.4 Å². The number of nitrogens with one attached hydrogen (secondary N) is 1. The lowest BCUT2D eigenvalue weighted by Gasteiger charge is -2.28. The number of aryl methyl sites for hydroxylation is 2. The van der Waals surface area contributed by atoms with Gasteiger partial charge < -0.3 is 5.32 Å². The van der Waals surface area contributed by atoms with Gasteiger partial charge in [0.15, 0.2) is 0 Å². The van der Waals surface area contributed by atoms with E-state index in [1.54, 1.807) is 30.8 Å². The van der Waals surface area contributed by atoms with Gasteiger partial charge in [0.2, 0.25) is 15.9 Å². The number of carbonyl (C=O) groups is 1. The second kappa shape index (κ2) is 9.67. The van der Waals surface area contributed by atoms with Crippen LogP contribution in [0.4, 0.5) is 5.69 Å². The molecule has 0 aromatic heterocycles. The van der Waals surface area contributed by atoms with E-state index in [0.717, 1.165) is 22.3 Å². The summed E-state index contributed by atoms with van der Waals surface area (Å²) in [6, 6.07) is 12.1. The third-order valence-corrected chi connectivity index (χ3v) is 6.54. The summed E-state index contributed by atoms with van der Waals surface area (Å²) in [4.78, 5) is 13.6. The maximum absolute atomic E-state index is 12.6. The van der Waals surface area contributed by atoms with Gasteiger partial charge in [-0.3, -0.25) is 9.10 Å². The van der Waals surface area contributed by atoms with Crippen molar-refractivity contribution < 1.29 is 13.2 Å².